The van der Waals surface area contributed by atoms with Gasteiger partial charge < -0.3 is 9.97 Å². The Hall–Kier alpha value is -5.17. The first-order valence-corrected chi connectivity index (χ1v) is 11.8. The van der Waals surface area contributed by atoms with Gasteiger partial charge in [-0.15, -0.1) is 0 Å². The fraction of sp³-hybridized carbons (Fsp3) is 0. The normalized spacial score (nSPS) is 11.9. The molecule has 4 N–H and O–H groups in total. The van der Waals surface area contributed by atoms with E-state index in [1.165, 1.54) is 0 Å². The molecule has 7 heteroatoms. The van der Waals surface area contributed by atoms with Crippen molar-refractivity contribution >= 4 is 43.6 Å². The molecule has 4 aromatic heterocycles. The van der Waals surface area contributed by atoms with Crippen molar-refractivity contribution in [3.05, 3.63) is 91.1 Å². The predicted molar refractivity (Wildman–Crippen MR) is 144 cm³/mol. The lowest BCUT2D eigenvalue weighted by Gasteiger charge is -2.12. The Morgan fingerprint density at radius 1 is 0.667 bits per heavy atom. The van der Waals surface area contributed by atoms with Crippen LogP contribution in [-0.4, -0.2) is 35.6 Å². The number of benzene rings is 4. The van der Waals surface area contributed by atoms with E-state index in [1.807, 2.05) is 18.3 Å². The predicted octanol–water partition coefficient (Wildman–Crippen LogP) is 6.80. The fourth-order valence-electron chi connectivity index (χ4n) is 5.37. The molecule has 0 amide bonds. The summed E-state index contributed by atoms with van der Waals surface area (Å²) in [6.07, 6.45) is 2.04. The van der Waals surface area contributed by atoms with Crippen molar-refractivity contribution in [2.24, 2.45) is 0 Å². The van der Waals surface area contributed by atoms with Gasteiger partial charge in [-0.3, -0.25) is 5.10 Å². The molecular formula is C29H19N7. The SMILES string of the molecule is c1ccc2[nH]c(-c3c(-c4cccc5n[nH]nc45)ccc4[nH]nc(-c5[nH]cc6ccccc56)c34)cc2c1. The van der Waals surface area contributed by atoms with E-state index in [9.17, 15) is 0 Å². The van der Waals surface area contributed by atoms with Crippen molar-refractivity contribution < 1.29 is 0 Å². The van der Waals surface area contributed by atoms with Crippen LogP contribution in [-0.2, 0) is 0 Å². The number of nitrogens with one attached hydrogen (secondary N) is 4. The maximum Gasteiger partial charge on any atom is 0.120 e. The molecule has 0 radical (unpaired) electrons. The van der Waals surface area contributed by atoms with E-state index < -0.39 is 0 Å². The maximum atomic E-state index is 4.81. The second-order valence-corrected chi connectivity index (χ2v) is 9.00. The zero-order chi connectivity index (χ0) is 23.6. The number of H-pyrrole nitrogens is 4. The number of rotatable bonds is 3. The summed E-state index contributed by atoms with van der Waals surface area (Å²) in [6.45, 7) is 0. The smallest absolute Gasteiger partial charge is 0.120 e. The third kappa shape index (κ3) is 2.65. The molecule has 36 heavy (non-hydrogen) atoms. The zero-order valence-corrected chi connectivity index (χ0v) is 19.0. The summed E-state index contributed by atoms with van der Waals surface area (Å²) in [5.74, 6) is 0. The van der Waals surface area contributed by atoms with Crippen LogP contribution in [0.5, 0.6) is 0 Å². The van der Waals surface area contributed by atoms with Crippen molar-refractivity contribution in [1.29, 1.82) is 0 Å². The summed E-state index contributed by atoms with van der Waals surface area (Å²) < 4.78 is 0. The average Bonchev–Trinajstić information content (AvgIpc) is 3.71. The number of hydrogen-bond donors (Lipinski definition) is 4. The van der Waals surface area contributed by atoms with Crippen LogP contribution >= 0.6 is 0 Å². The maximum absolute atomic E-state index is 4.81. The summed E-state index contributed by atoms with van der Waals surface area (Å²) in [4.78, 5) is 7.14. The number of aromatic amines is 4. The lowest BCUT2D eigenvalue weighted by Crippen LogP contribution is -1.90. The second kappa shape index (κ2) is 7.16. The molecule has 0 aliphatic carbocycles. The van der Waals surface area contributed by atoms with Gasteiger partial charge in [-0.25, -0.2) is 0 Å². The average molecular weight is 466 g/mol. The van der Waals surface area contributed by atoms with E-state index in [-0.39, 0.29) is 0 Å². The van der Waals surface area contributed by atoms with Gasteiger partial charge in [0, 0.05) is 44.7 Å². The topological polar surface area (TPSA) is 102 Å². The number of nitrogens with zero attached hydrogens (tertiary/aromatic N) is 3. The highest BCUT2D eigenvalue weighted by atomic mass is 15.3. The molecule has 0 aliphatic rings. The molecule has 8 aromatic rings. The van der Waals surface area contributed by atoms with E-state index in [0.717, 1.165) is 77.4 Å². The minimum Gasteiger partial charge on any atom is -0.359 e. The van der Waals surface area contributed by atoms with Crippen molar-refractivity contribution in [2.75, 3.05) is 0 Å². The quantitative estimate of drug-likeness (QED) is 0.231. The van der Waals surface area contributed by atoms with Crippen molar-refractivity contribution in [1.82, 2.24) is 35.6 Å². The van der Waals surface area contributed by atoms with Gasteiger partial charge in [0.15, 0.2) is 0 Å². The van der Waals surface area contributed by atoms with Crippen LogP contribution in [0.15, 0.2) is 91.1 Å². The third-order valence-corrected chi connectivity index (χ3v) is 7.01. The zero-order valence-electron chi connectivity index (χ0n) is 19.0. The molecule has 0 bridgehead atoms. The number of hydrogen-bond acceptors (Lipinski definition) is 3. The molecule has 0 aliphatic heterocycles. The third-order valence-electron chi connectivity index (χ3n) is 7.01. The van der Waals surface area contributed by atoms with Gasteiger partial charge in [0.25, 0.3) is 0 Å². The second-order valence-electron chi connectivity index (χ2n) is 9.00. The van der Waals surface area contributed by atoms with E-state index in [4.69, 9.17) is 5.10 Å². The summed E-state index contributed by atoms with van der Waals surface area (Å²) in [6, 6.07) is 29.2. The first kappa shape index (κ1) is 19.2. The van der Waals surface area contributed by atoms with Gasteiger partial charge >= 0.3 is 0 Å². The Labute approximate surface area is 204 Å². The molecular weight excluding hydrogens is 446 g/mol. The number of para-hydroxylation sites is 2. The van der Waals surface area contributed by atoms with Crippen LogP contribution in [0, 0.1) is 0 Å². The molecule has 0 saturated heterocycles. The van der Waals surface area contributed by atoms with Gasteiger partial charge in [-0.1, -0.05) is 60.7 Å². The van der Waals surface area contributed by atoms with E-state index in [1.54, 1.807) is 0 Å². The standard InChI is InChI=1S/C29H19N7/c1-3-8-18-17(7-1)15-30-28(18)29-26-22(32-34-29)13-12-19(20-9-5-11-23-27(20)35-36-33-23)25(26)24-14-16-6-2-4-10-21(16)31-24/h1-15,30-31H,(H,32,34)(H,33,35,36). The highest BCUT2D eigenvalue weighted by molar-refractivity contribution is 6.13. The Morgan fingerprint density at radius 2 is 1.56 bits per heavy atom. The number of fused-ring (bicyclic) bond motifs is 4. The molecule has 4 heterocycles. The lowest BCUT2D eigenvalue weighted by molar-refractivity contribution is 0.959. The first-order valence-electron chi connectivity index (χ1n) is 11.8. The molecule has 0 fully saturated rings. The molecule has 4 aromatic carbocycles. The fourth-order valence-corrected chi connectivity index (χ4v) is 5.37. The van der Waals surface area contributed by atoms with E-state index in [2.05, 4.69) is 103 Å². The Morgan fingerprint density at radius 3 is 2.50 bits per heavy atom. The van der Waals surface area contributed by atoms with Crippen LogP contribution in [0.25, 0.3) is 77.4 Å². The van der Waals surface area contributed by atoms with E-state index in [0.29, 0.717) is 0 Å². The molecule has 0 atom stereocenters. The molecule has 8 rings (SSSR count). The van der Waals surface area contributed by atoms with E-state index >= 15 is 0 Å². The van der Waals surface area contributed by atoms with Crippen LogP contribution in [0.4, 0.5) is 0 Å². The Kier molecular flexibility index (Phi) is 3.81. The first-order chi connectivity index (χ1) is 17.8. The van der Waals surface area contributed by atoms with Crippen molar-refractivity contribution in [3.8, 4) is 33.8 Å². The molecule has 7 nitrogen and oxygen atoms in total. The van der Waals surface area contributed by atoms with Gasteiger partial charge in [-0.05, 0) is 35.2 Å². The molecule has 0 saturated carbocycles. The highest BCUT2D eigenvalue weighted by Crippen LogP contribution is 2.44. The van der Waals surface area contributed by atoms with Crippen LogP contribution in [0.1, 0.15) is 0 Å². The van der Waals surface area contributed by atoms with Gasteiger partial charge in [0.2, 0.25) is 0 Å². The van der Waals surface area contributed by atoms with Crippen LogP contribution < -0.4 is 0 Å². The van der Waals surface area contributed by atoms with Crippen LogP contribution in [0.2, 0.25) is 0 Å². The minimum atomic E-state index is 0.831. The van der Waals surface area contributed by atoms with Gasteiger partial charge in [0.05, 0.1) is 11.2 Å². The van der Waals surface area contributed by atoms with Crippen molar-refractivity contribution in [3.63, 3.8) is 0 Å². The largest absolute Gasteiger partial charge is 0.359 e. The van der Waals surface area contributed by atoms with Gasteiger partial charge in [0.1, 0.15) is 16.7 Å². The minimum absolute atomic E-state index is 0.831. The summed E-state index contributed by atoms with van der Waals surface area (Å²) in [5.41, 5.74) is 9.77. The van der Waals surface area contributed by atoms with Crippen LogP contribution in [0.3, 0.4) is 0 Å². The summed E-state index contributed by atoms with van der Waals surface area (Å²) in [7, 11) is 0. The molecule has 170 valence electrons. The van der Waals surface area contributed by atoms with Crippen molar-refractivity contribution in [2.45, 2.75) is 0 Å². The highest BCUT2D eigenvalue weighted by Gasteiger charge is 2.22. The summed E-state index contributed by atoms with van der Waals surface area (Å²) >= 11 is 0. The number of aromatic nitrogens is 7. The molecule has 0 unspecified atom stereocenters. The lowest BCUT2D eigenvalue weighted by atomic mass is 9.92. The monoisotopic (exact) mass is 465 g/mol. The summed E-state index contributed by atoms with van der Waals surface area (Å²) in [5, 5.41) is 24.2. The molecule has 0 spiro atoms. The van der Waals surface area contributed by atoms with Gasteiger partial charge in [-0.2, -0.15) is 20.5 Å². The Balaban J connectivity index is 1.52. The Bertz CT molecular complexity index is 2040.